The number of hydrogen-bond donors (Lipinski definition) is 1. The van der Waals surface area contributed by atoms with Crippen LogP contribution in [0.15, 0.2) is 41.6 Å². The van der Waals surface area contributed by atoms with E-state index in [1.165, 1.54) is 5.57 Å². The average Bonchev–Trinajstić information content (AvgIpc) is 2.00. The maximum Gasteiger partial charge on any atom is 0.103 e. The van der Waals surface area contributed by atoms with Crippen LogP contribution >= 0.6 is 0 Å². The minimum Gasteiger partial charge on any atom is -0.387 e. The molecule has 0 aromatic heterocycles. The molecule has 0 saturated carbocycles. The molecule has 0 aromatic carbocycles. The van der Waals surface area contributed by atoms with Crippen molar-refractivity contribution in [3.8, 4) is 0 Å². The molecule has 0 atom stereocenters. The van der Waals surface area contributed by atoms with E-state index in [2.05, 4.69) is 18.2 Å². The lowest BCUT2D eigenvalue weighted by atomic mass is 10.2. The van der Waals surface area contributed by atoms with Gasteiger partial charge in [-0.3, -0.25) is 0 Å². The molecule has 0 aliphatic rings. The van der Waals surface area contributed by atoms with Crippen molar-refractivity contribution in [1.82, 2.24) is 0 Å². The highest BCUT2D eigenvalue weighted by atomic mass is 14.9. The predicted molar refractivity (Wildman–Crippen MR) is 55.0 cm³/mol. The van der Waals surface area contributed by atoms with E-state index in [1.807, 2.05) is 19.9 Å². The number of nitrogens with two attached hydrogens (primary N) is 1. The Balaban J connectivity index is 4.11. The third-order valence-electron chi connectivity index (χ3n) is 1.24. The highest BCUT2D eigenvalue weighted by Crippen LogP contribution is 1.97. The van der Waals surface area contributed by atoms with Gasteiger partial charge in [0, 0.05) is 6.42 Å². The number of rotatable bonds is 4. The molecule has 2 heteroatoms. The maximum absolute atomic E-state index is 5.60. The van der Waals surface area contributed by atoms with Crippen LogP contribution in [0.3, 0.4) is 0 Å². The smallest absolute Gasteiger partial charge is 0.103 e. The topological polar surface area (TPSA) is 38.4 Å². The van der Waals surface area contributed by atoms with Crippen LogP contribution in [-0.2, 0) is 0 Å². The lowest BCUT2D eigenvalue weighted by Gasteiger charge is -1.96. The number of amidine groups is 1. The Hall–Kier alpha value is -1.31. The summed E-state index contributed by atoms with van der Waals surface area (Å²) in [5, 5.41) is 0. The molecule has 0 amide bonds. The summed E-state index contributed by atoms with van der Waals surface area (Å²) in [6.45, 7) is 11.2. The van der Waals surface area contributed by atoms with E-state index in [-0.39, 0.29) is 0 Å². The van der Waals surface area contributed by atoms with Crippen LogP contribution in [0.5, 0.6) is 0 Å². The SMILES string of the molecule is C=CC(=C)N=C(N)CC=C(C)C. The number of allylic oxidation sites excluding steroid dienone is 2. The fourth-order valence-electron chi connectivity index (χ4n) is 0.584. The molecule has 2 nitrogen and oxygen atoms in total. The van der Waals surface area contributed by atoms with Crippen molar-refractivity contribution in [2.24, 2.45) is 10.7 Å². The van der Waals surface area contributed by atoms with E-state index in [0.717, 1.165) is 0 Å². The van der Waals surface area contributed by atoms with E-state index in [4.69, 9.17) is 5.73 Å². The van der Waals surface area contributed by atoms with Gasteiger partial charge in [-0.25, -0.2) is 4.99 Å². The van der Waals surface area contributed by atoms with Crippen LogP contribution in [0.4, 0.5) is 0 Å². The minimum atomic E-state index is 0.570. The first-order chi connectivity index (χ1) is 5.56. The molecule has 0 fully saturated rings. The zero-order chi connectivity index (χ0) is 9.56. The summed E-state index contributed by atoms with van der Waals surface area (Å²) >= 11 is 0. The van der Waals surface area contributed by atoms with Crippen LogP contribution in [0.1, 0.15) is 20.3 Å². The fourth-order valence-corrected chi connectivity index (χ4v) is 0.584. The van der Waals surface area contributed by atoms with Crippen LogP contribution in [-0.4, -0.2) is 5.84 Å². The molecule has 0 saturated heterocycles. The molecule has 0 radical (unpaired) electrons. The summed E-state index contributed by atoms with van der Waals surface area (Å²) in [4.78, 5) is 4.00. The molecule has 0 aromatic rings. The number of hydrogen-bond acceptors (Lipinski definition) is 1. The van der Waals surface area contributed by atoms with E-state index < -0.39 is 0 Å². The normalized spacial score (nSPS) is 10.7. The first kappa shape index (κ1) is 10.7. The zero-order valence-electron chi connectivity index (χ0n) is 7.80. The van der Waals surface area contributed by atoms with Gasteiger partial charge >= 0.3 is 0 Å². The lowest BCUT2D eigenvalue weighted by Crippen LogP contribution is -2.10. The van der Waals surface area contributed by atoms with Gasteiger partial charge in [-0.1, -0.05) is 24.8 Å². The van der Waals surface area contributed by atoms with Crippen LogP contribution < -0.4 is 5.73 Å². The van der Waals surface area contributed by atoms with Crippen LogP contribution in [0, 0.1) is 0 Å². The molecule has 0 bridgehead atoms. The Labute approximate surface area is 74.2 Å². The van der Waals surface area contributed by atoms with Crippen molar-refractivity contribution in [3.05, 3.63) is 36.6 Å². The highest BCUT2D eigenvalue weighted by Gasteiger charge is 1.89. The van der Waals surface area contributed by atoms with Gasteiger partial charge in [-0.15, -0.1) is 0 Å². The molecule has 0 spiro atoms. The summed E-state index contributed by atoms with van der Waals surface area (Å²) in [6.07, 6.45) is 4.28. The third-order valence-corrected chi connectivity index (χ3v) is 1.24. The Morgan fingerprint density at radius 1 is 1.50 bits per heavy atom. The summed E-state index contributed by atoms with van der Waals surface area (Å²) in [7, 11) is 0. The van der Waals surface area contributed by atoms with Crippen molar-refractivity contribution < 1.29 is 0 Å². The Bertz CT molecular complexity index is 230. The van der Waals surface area contributed by atoms with Crippen LogP contribution in [0.25, 0.3) is 0 Å². The molecule has 0 aliphatic carbocycles. The summed E-state index contributed by atoms with van der Waals surface area (Å²) < 4.78 is 0. The second kappa shape index (κ2) is 5.35. The maximum atomic E-state index is 5.60. The molecule has 0 unspecified atom stereocenters. The van der Waals surface area contributed by atoms with E-state index in [1.54, 1.807) is 6.08 Å². The molecule has 0 rings (SSSR count). The molecular formula is C10H16N2. The van der Waals surface area contributed by atoms with Gasteiger partial charge < -0.3 is 5.73 Å². The second-order valence-electron chi connectivity index (χ2n) is 2.78. The van der Waals surface area contributed by atoms with E-state index in [9.17, 15) is 0 Å². The predicted octanol–water partition coefficient (Wildman–Crippen LogP) is 2.40. The van der Waals surface area contributed by atoms with Gasteiger partial charge in [-0.05, 0) is 19.9 Å². The largest absolute Gasteiger partial charge is 0.387 e. The fraction of sp³-hybridized carbons (Fsp3) is 0.300. The van der Waals surface area contributed by atoms with Crippen molar-refractivity contribution in [3.63, 3.8) is 0 Å². The molecule has 66 valence electrons. The van der Waals surface area contributed by atoms with Gasteiger partial charge in [-0.2, -0.15) is 0 Å². The monoisotopic (exact) mass is 164 g/mol. The van der Waals surface area contributed by atoms with E-state index >= 15 is 0 Å². The second-order valence-corrected chi connectivity index (χ2v) is 2.78. The molecule has 0 aliphatic heterocycles. The zero-order valence-corrected chi connectivity index (χ0v) is 7.80. The van der Waals surface area contributed by atoms with Gasteiger partial charge in [0.25, 0.3) is 0 Å². The van der Waals surface area contributed by atoms with Crippen molar-refractivity contribution in [1.29, 1.82) is 0 Å². The van der Waals surface area contributed by atoms with Gasteiger partial charge in [0.2, 0.25) is 0 Å². The standard InChI is InChI=1S/C10H16N2/c1-5-9(4)12-10(11)7-6-8(2)3/h5-6H,1,4,7H2,2-3H3,(H2,11,12). The van der Waals surface area contributed by atoms with Gasteiger partial charge in [0.05, 0.1) is 5.70 Å². The first-order valence-corrected chi connectivity index (χ1v) is 3.84. The number of aliphatic imine (C=N–C) groups is 1. The van der Waals surface area contributed by atoms with Crippen molar-refractivity contribution >= 4 is 5.84 Å². The molecule has 0 heterocycles. The van der Waals surface area contributed by atoms with Crippen molar-refractivity contribution in [2.75, 3.05) is 0 Å². The Morgan fingerprint density at radius 3 is 2.50 bits per heavy atom. The molecule has 12 heavy (non-hydrogen) atoms. The molecule has 2 N–H and O–H groups in total. The molecular weight excluding hydrogens is 148 g/mol. The summed E-state index contributed by atoms with van der Waals surface area (Å²) in [5.41, 5.74) is 7.44. The highest BCUT2D eigenvalue weighted by molar-refractivity contribution is 5.82. The van der Waals surface area contributed by atoms with E-state index in [0.29, 0.717) is 18.0 Å². The Morgan fingerprint density at radius 2 is 2.08 bits per heavy atom. The lowest BCUT2D eigenvalue weighted by molar-refractivity contribution is 1.26. The summed E-state index contributed by atoms with van der Waals surface area (Å²) in [5.74, 6) is 0.570. The first-order valence-electron chi connectivity index (χ1n) is 3.84. The summed E-state index contributed by atoms with van der Waals surface area (Å²) in [6, 6.07) is 0. The average molecular weight is 164 g/mol. The van der Waals surface area contributed by atoms with Gasteiger partial charge in [0.15, 0.2) is 0 Å². The van der Waals surface area contributed by atoms with Crippen LogP contribution in [0.2, 0.25) is 0 Å². The van der Waals surface area contributed by atoms with Crippen molar-refractivity contribution in [2.45, 2.75) is 20.3 Å². The Kier molecular flexibility index (Phi) is 4.77. The third kappa shape index (κ3) is 5.47. The number of nitrogens with zero attached hydrogens (tertiary/aromatic N) is 1. The van der Waals surface area contributed by atoms with Gasteiger partial charge in [0.1, 0.15) is 5.84 Å². The minimum absolute atomic E-state index is 0.570. The quantitative estimate of drug-likeness (QED) is 0.294.